The molecule has 12 aromatic rings. The van der Waals surface area contributed by atoms with E-state index in [-0.39, 0.29) is 20.1 Å². The molecule has 0 unspecified atom stereocenters. The predicted octanol–water partition coefficient (Wildman–Crippen LogP) is 15.6. The van der Waals surface area contributed by atoms with E-state index in [9.17, 15) is 0 Å². The minimum Gasteiger partial charge on any atom is -0.332 e. The summed E-state index contributed by atoms with van der Waals surface area (Å²) >= 11 is 0.116. The Labute approximate surface area is 399 Å². The van der Waals surface area contributed by atoms with Crippen molar-refractivity contribution in [3.63, 3.8) is 0 Å². The molecule has 0 aliphatic rings. The fraction of sp³-hybridized carbons (Fsp3) is 0.0508. The molecule has 0 aliphatic carbocycles. The van der Waals surface area contributed by atoms with Crippen LogP contribution in [0.15, 0.2) is 206 Å². The zero-order chi connectivity index (χ0) is 43.2. The van der Waals surface area contributed by atoms with Gasteiger partial charge in [-0.15, -0.1) is 23.8 Å². The molecule has 0 saturated heterocycles. The monoisotopic (exact) mass is 1090 g/mol. The summed E-state index contributed by atoms with van der Waals surface area (Å²) in [7, 11) is 0. The molecule has 3 heterocycles. The number of pyridine rings is 1. The molecular formula is C59H43GeIrN3S-2. The fourth-order valence-electron chi connectivity index (χ4n) is 8.82. The van der Waals surface area contributed by atoms with Crippen LogP contribution in [0.1, 0.15) is 0 Å². The largest absolute Gasteiger partial charge is 0.332 e. The van der Waals surface area contributed by atoms with E-state index in [1.165, 1.54) is 46.1 Å². The van der Waals surface area contributed by atoms with Crippen molar-refractivity contribution in [2.24, 2.45) is 0 Å². The van der Waals surface area contributed by atoms with E-state index in [2.05, 4.69) is 215 Å². The number of para-hydroxylation sites is 3. The van der Waals surface area contributed by atoms with Gasteiger partial charge in [0.1, 0.15) is 0 Å². The van der Waals surface area contributed by atoms with Gasteiger partial charge in [0.2, 0.25) is 0 Å². The van der Waals surface area contributed by atoms with Crippen molar-refractivity contribution in [3.8, 4) is 50.6 Å². The van der Waals surface area contributed by atoms with Crippen molar-refractivity contribution in [3.05, 3.63) is 219 Å². The van der Waals surface area contributed by atoms with Crippen molar-refractivity contribution in [1.82, 2.24) is 14.5 Å². The Bertz CT molecular complexity index is 3580. The van der Waals surface area contributed by atoms with E-state index in [4.69, 9.17) is 4.98 Å². The van der Waals surface area contributed by atoms with Crippen molar-refractivity contribution in [2.75, 3.05) is 0 Å². The van der Waals surface area contributed by atoms with Crippen LogP contribution in [0.3, 0.4) is 0 Å². The molecule has 315 valence electrons. The summed E-state index contributed by atoms with van der Waals surface area (Å²) in [6.45, 7) is 0. The topological polar surface area (TPSA) is 30.7 Å². The normalized spacial score (nSPS) is 11.5. The second-order valence-electron chi connectivity index (χ2n) is 17.2. The summed E-state index contributed by atoms with van der Waals surface area (Å²) in [4.78, 5) is 9.86. The van der Waals surface area contributed by atoms with Gasteiger partial charge < -0.3 is 4.57 Å². The van der Waals surface area contributed by atoms with Gasteiger partial charge in [-0.05, 0) is 67.0 Å². The van der Waals surface area contributed by atoms with Gasteiger partial charge in [0.05, 0.1) is 22.5 Å². The molecule has 6 heteroatoms. The Hall–Kier alpha value is -6.47. The fourth-order valence-corrected chi connectivity index (χ4v) is 12.1. The van der Waals surface area contributed by atoms with Crippen LogP contribution < -0.4 is 4.40 Å². The molecular weight excluding hydrogens is 1050 g/mol. The Morgan fingerprint density at radius 1 is 0.523 bits per heavy atom. The van der Waals surface area contributed by atoms with Crippen LogP contribution >= 0.6 is 11.3 Å². The molecule has 0 atom stereocenters. The van der Waals surface area contributed by atoms with E-state index in [0.29, 0.717) is 0 Å². The van der Waals surface area contributed by atoms with Crippen LogP contribution in [-0.4, -0.2) is 27.8 Å². The number of hydrogen-bond donors (Lipinski definition) is 0. The third kappa shape index (κ3) is 8.15. The smallest absolute Gasteiger partial charge is 0.0774 e. The summed E-state index contributed by atoms with van der Waals surface area (Å²) < 4.78 is 6.31. The second kappa shape index (κ2) is 17.8. The van der Waals surface area contributed by atoms with Crippen molar-refractivity contribution in [2.45, 2.75) is 17.3 Å². The number of thiophene rings is 1. The molecule has 0 N–H and O–H groups in total. The minimum atomic E-state index is -1.72. The third-order valence-corrected chi connectivity index (χ3v) is 17.5. The van der Waals surface area contributed by atoms with Crippen LogP contribution in [0.4, 0.5) is 0 Å². The Balaban J connectivity index is 0.000000249. The third-order valence-electron chi connectivity index (χ3n) is 12.1. The van der Waals surface area contributed by atoms with Crippen LogP contribution in [0.5, 0.6) is 0 Å². The molecule has 9 aromatic carbocycles. The molecule has 3 nitrogen and oxygen atoms in total. The van der Waals surface area contributed by atoms with Gasteiger partial charge >= 0.3 is 99.8 Å². The second-order valence-corrected chi connectivity index (χ2v) is 29.0. The predicted molar refractivity (Wildman–Crippen MR) is 276 cm³/mol. The molecule has 12 rings (SSSR count). The van der Waals surface area contributed by atoms with Gasteiger partial charge in [-0.3, -0.25) is 4.98 Å². The maximum atomic E-state index is 5.33. The maximum Gasteiger partial charge on any atom is 0.0774 e. The van der Waals surface area contributed by atoms with E-state index >= 15 is 0 Å². The molecule has 0 bridgehead atoms. The SMILES string of the molecule is [CH3][Ge]([CH3])([CH3])[c]1ccc(-c2[c-]cccc2)nc1.[Ir].[c-]1cc2sc3cc4ccc5ccccc5c4cc3c2cc1-c1nc2ccccc2n1-c1c(-c2ccccc2)cccc1-c1ccccc1. The molecule has 0 aliphatic heterocycles. The van der Waals surface area contributed by atoms with Gasteiger partial charge in [-0.25, -0.2) is 0 Å². The van der Waals surface area contributed by atoms with E-state index < -0.39 is 13.3 Å². The van der Waals surface area contributed by atoms with Gasteiger partial charge in [-0.1, -0.05) is 133 Å². The van der Waals surface area contributed by atoms with Crippen molar-refractivity contribution >= 4 is 81.7 Å². The molecule has 1 radical (unpaired) electrons. The number of aromatic nitrogens is 3. The van der Waals surface area contributed by atoms with Crippen LogP contribution in [0.25, 0.3) is 103 Å². The first-order chi connectivity index (χ1) is 31.4. The van der Waals surface area contributed by atoms with E-state index in [1.54, 1.807) is 0 Å². The van der Waals surface area contributed by atoms with Gasteiger partial charge in [0.15, 0.2) is 0 Å². The van der Waals surface area contributed by atoms with Gasteiger partial charge in [0.25, 0.3) is 0 Å². The quantitative estimate of drug-likeness (QED) is 0.0944. The van der Waals surface area contributed by atoms with E-state index in [1.807, 2.05) is 41.8 Å². The number of benzene rings is 9. The summed E-state index contributed by atoms with van der Waals surface area (Å²) in [6.07, 6.45) is 2.04. The number of imidazole rings is 1. The summed E-state index contributed by atoms with van der Waals surface area (Å²) in [5.41, 5.74) is 10.8. The van der Waals surface area contributed by atoms with Crippen molar-refractivity contribution < 1.29 is 20.1 Å². The first-order valence-electron chi connectivity index (χ1n) is 21.7. The molecule has 0 amide bonds. The van der Waals surface area contributed by atoms with Crippen LogP contribution in [-0.2, 0) is 20.1 Å². The molecule has 0 saturated carbocycles. The van der Waals surface area contributed by atoms with Crippen LogP contribution in [0, 0.1) is 12.1 Å². The summed E-state index contributed by atoms with van der Waals surface area (Å²) in [5, 5.41) is 7.60. The zero-order valence-electron chi connectivity index (χ0n) is 36.2. The summed E-state index contributed by atoms with van der Waals surface area (Å²) in [5.74, 6) is 8.02. The maximum absolute atomic E-state index is 5.33. The molecule has 3 aromatic heterocycles. The zero-order valence-corrected chi connectivity index (χ0v) is 41.5. The number of rotatable bonds is 6. The van der Waals surface area contributed by atoms with Gasteiger partial charge in [-0.2, -0.15) is 11.3 Å². The number of hydrogen-bond acceptors (Lipinski definition) is 3. The minimum absolute atomic E-state index is 0. The average Bonchev–Trinajstić information content (AvgIpc) is 3.91. The Morgan fingerprint density at radius 2 is 1.20 bits per heavy atom. The van der Waals surface area contributed by atoms with Gasteiger partial charge in [0, 0.05) is 35.9 Å². The standard InChI is InChI=1S/C45H27N2S.C14H16GeN.Ir/c1-3-12-29(13-4-1)35-18-11-19-36(30-14-5-2-6-15-30)44(35)47-41-21-10-9-20-40(41)46-45(47)33-24-25-42-38(26-33)39-28-37-32(27-43(39)48-42)23-22-31-16-7-8-17-34(31)37;1-15(2,3)13-9-10-14(16-11-13)12-7-5-4-6-8-12;/h1-23,25-28H;4-7,9-11H,1-3H3;/q2*-1;. The Morgan fingerprint density at radius 3 is 1.91 bits per heavy atom. The average molecular weight is 1090 g/mol. The first-order valence-corrected chi connectivity index (χ1v) is 29.9. The summed E-state index contributed by atoms with van der Waals surface area (Å²) in [6, 6.07) is 77.9. The number of fused-ring (bicyclic) bond motifs is 7. The molecule has 0 spiro atoms. The molecule has 65 heavy (non-hydrogen) atoms. The van der Waals surface area contributed by atoms with E-state index in [0.717, 1.165) is 61.6 Å². The first kappa shape index (κ1) is 42.5. The van der Waals surface area contributed by atoms with Crippen molar-refractivity contribution in [1.29, 1.82) is 0 Å². The Kier molecular flexibility index (Phi) is 11.7. The van der Waals surface area contributed by atoms with Crippen LogP contribution in [0.2, 0.25) is 17.3 Å². The number of nitrogens with zero attached hydrogens (tertiary/aromatic N) is 3. The molecule has 0 fully saturated rings.